The maximum absolute atomic E-state index is 11.9. The number of nitrogens with zero attached hydrogens (tertiary/aromatic N) is 1. The average Bonchev–Trinajstić information content (AvgIpc) is 2.38. The van der Waals surface area contributed by atoms with E-state index < -0.39 is 0 Å². The number of hydrogen-bond acceptors (Lipinski definition) is 2. The van der Waals surface area contributed by atoms with E-state index in [1.54, 1.807) is 12.4 Å². The third-order valence-electron chi connectivity index (χ3n) is 2.93. The predicted octanol–water partition coefficient (Wildman–Crippen LogP) is 3.13. The van der Waals surface area contributed by atoms with E-state index in [9.17, 15) is 4.79 Å². The summed E-state index contributed by atoms with van der Waals surface area (Å²) in [4.78, 5) is 15.8. The highest BCUT2D eigenvalue weighted by Gasteiger charge is 2.04. The highest BCUT2D eigenvalue weighted by Crippen LogP contribution is 2.08. The largest absolute Gasteiger partial charge is 0.299 e. The molecular formula is C16H17NO. The number of aryl methyl sites for hydroxylation is 2. The first-order valence-corrected chi connectivity index (χ1v) is 6.20. The molecule has 0 spiro atoms. The van der Waals surface area contributed by atoms with Gasteiger partial charge in [0, 0.05) is 25.2 Å². The summed E-state index contributed by atoms with van der Waals surface area (Å²) in [6, 6.07) is 12.1. The molecule has 92 valence electrons. The van der Waals surface area contributed by atoms with E-state index in [1.165, 1.54) is 11.1 Å². The van der Waals surface area contributed by atoms with Crippen molar-refractivity contribution >= 4 is 5.78 Å². The van der Waals surface area contributed by atoms with Gasteiger partial charge in [0.05, 0.1) is 0 Å². The van der Waals surface area contributed by atoms with Crippen LogP contribution in [0.3, 0.4) is 0 Å². The molecule has 2 nitrogen and oxygen atoms in total. The van der Waals surface area contributed by atoms with Gasteiger partial charge >= 0.3 is 0 Å². The standard InChI is InChI=1S/C16H17NO/c1-13-3-2-4-14(11-13)5-6-16(18)12-15-7-9-17-10-8-15/h2-4,7-11H,5-6,12H2,1H3. The number of carbonyl (C=O) groups excluding carboxylic acids is 1. The third-order valence-corrected chi connectivity index (χ3v) is 2.93. The molecule has 0 radical (unpaired) electrons. The van der Waals surface area contributed by atoms with Crippen LogP contribution in [-0.4, -0.2) is 10.8 Å². The van der Waals surface area contributed by atoms with Crippen LogP contribution in [-0.2, 0) is 17.6 Å². The van der Waals surface area contributed by atoms with E-state index in [1.807, 2.05) is 18.2 Å². The van der Waals surface area contributed by atoms with Crippen molar-refractivity contribution in [2.75, 3.05) is 0 Å². The van der Waals surface area contributed by atoms with Gasteiger partial charge in [0.1, 0.15) is 5.78 Å². The van der Waals surface area contributed by atoms with Crippen LogP contribution in [0.15, 0.2) is 48.8 Å². The lowest BCUT2D eigenvalue weighted by atomic mass is 10.0. The second kappa shape index (κ2) is 6.10. The number of aromatic nitrogens is 1. The van der Waals surface area contributed by atoms with E-state index in [0.717, 1.165) is 12.0 Å². The molecule has 0 saturated carbocycles. The number of hydrogen-bond donors (Lipinski definition) is 0. The Balaban J connectivity index is 1.85. The molecule has 0 fully saturated rings. The fraction of sp³-hybridized carbons (Fsp3) is 0.250. The number of Topliss-reactive ketones (excluding diaryl/α,β-unsaturated/α-hetero) is 1. The average molecular weight is 239 g/mol. The summed E-state index contributed by atoms with van der Waals surface area (Å²) in [5, 5.41) is 0. The van der Waals surface area contributed by atoms with Crippen LogP contribution in [0.25, 0.3) is 0 Å². The first-order valence-electron chi connectivity index (χ1n) is 6.20. The van der Waals surface area contributed by atoms with E-state index in [-0.39, 0.29) is 5.78 Å². The lowest BCUT2D eigenvalue weighted by Crippen LogP contribution is -2.04. The Labute approximate surface area is 108 Å². The number of pyridine rings is 1. The molecule has 1 heterocycles. The third kappa shape index (κ3) is 3.81. The Bertz CT molecular complexity index is 520. The summed E-state index contributed by atoms with van der Waals surface area (Å²) in [6.45, 7) is 2.07. The Hall–Kier alpha value is -1.96. The second-order valence-corrected chi connectivity index (χ2v) is 4.56. The van der Waals surface area contributed by atoms with Gasteiger partial charge in [-0.25, -0.2) is 0 Å². The Morgan fingerprint density at radius 2 is 1.89 bits per heavy atom. The summed E-state index contributed by atoms with van der Waals surface area (Å²) in [5.74, 6) is 0.280. The van der Waals surface area contributed by atoms with Crippen LogP contribution in [0.5, 0.6) is 0 Å². The van der Waals surface area contributed by atoms with Crippen molar-refractivity contribution in [2.45, 2.75) is 26.2 Å². The smallest absolute Gasteiger partial charge is 0.137 e. The van der Waals surface area contributed by atoms with Gasteiger partial charge in [-0.3, -0.25) is 9.78 Å². The van der Waals surface area contributed by atoms with Gasteiger partial charge < -0.3 is 0 Å². The highest BCUT2D eigenvalue weighted by atomic mass is 16.1. The molecule has 2 heteroatoms. The minimum Gasteiger partial charge on any atom is -0.299 e. The molecule has 2 aromatic rings. The monoisotopic (exact) mass is 239 g/mol. The number of carbonyl (C=O) groups is 1. The van der Waals surface area contributed by atoms with E-state index in [0.29, 0.717) is 12.8 Å². The zero-order valence-electron chi connectivity index (χ0n) is 10.6. The number of ketones is 1. The Kier molecular flexibility index (Phi) is 4.24. The molecule has 0 saturated heterocycles. The van der Waals surface area contributed by atoms with Gasteiger partial charge in [0.15, 0.2) is 0 Å². The molecular weight excluding hydrogens is 222 g/mol. The molecule has 2 rings (SSSR count). The lowest BCUT2D eigenvalue weighted by Gasteiger charge is -2.03. The first kappa shape index (κ1) is 12.5. The SMILES string of the molecule is Cc1cccc(CCC(=O)Cc2ccncc2)c1. The van der Waals surface area contributed by atoms with Crippen molar-refractivity contribution in [3.63, 3.8) is 0 Å². The quantitative estimate of drug-likeness (QED) is 0.802. The van der Waals surface area contributed by atoms with Crippen LogP contribution in [0.4, 0.5) is 0 Å². The van der Waals surface area contributed by atoms with Crippen molar-refractivity contribution in [3.05, 3.63) is 65.5 Å². The summed E-state index contributed by atoms with van der Waals surface area (Å²) in [7, 11) is 0. The zero-order chi connectivity index (χ0) is 12.8. The molecule has 0 aliphatic rings. The molecule has 1 aromatic carbocycles. The van der Waals surface area contributed by atoms with E-state index >= 15 is 0 Å². The predicted molar refractivity (Wildman–Crippen MR) is 72.4 cm³/mol. The van der Waals surface area contributed by atoms with E-state index in [4.69, 9.17) is 0 Å². The van der Waals surface area contributed by atoms with Gasteiger partial charge in [-0.2, -0.15) is 0 Å². The van der Waals surface area contributed by atoms with E-state index in [2.05, 4.69) is 30.1 Å². The Morgan fingerprint density at radius 3 is 2.61 bits per heavy atom. The normalized spacial score (nSPS) is 10.3. The van der Waals surface area contributed by atoms with Gasteiger partial charge in [-0.1, -0.05) is 29.8 Å². The van der Waals surface area contributed by atoms with Crippen LogP contribution < -0.4 is 0 Å². The van der Waals surface area contributed by atoms with Gasteiger partial charge in [0.2, 0.25) is 0 Å². The van der Waals surface area contributed by atoms with Crippen LogP contribution in [0, 0.1) is 6.92 Å². The molecule has 0 N–H and O–H groups in total. The molecule has 0 amide bonds. The number of benzene rings is 1. The van der Waals surface area contributed by atoms with Gasteiger partial charge in [-0.15, -0.1) is 0 Å². The molecule has 1 aromatic heterocycles. The minimum atomic E-state index is 0.280. The maximum Gasteiger partial charge on any atom is 0.137 e. The summed E-state index contributed by atoms with van der Waals surface area (Å²) >= 11 is 0. The van der Waals surface area contributed by atoms with Crippen molar-refractivity contribution in [2.24, 2.45) is 0 Å². The fourth-order valence-corrected chi connectivity index (χ4v) is 1.97. The molecule has 0 aliphatic heterocycles. The molecule has 0 aliphatic carbocycles. The molecule has 0 bridgehead atoms. The highest BCUT2D eigenvalue weighted by molar-refractivity contribution is 5.81. The summed E-state index contributed by atoms with van der Waals surface area (Å²) in [6.07, 6.45) is 5.39. The van der Waals surface area contributed by atoms with Crippen molar-refractivity contribution in [1.82, 2.24) is 4.98 Å². The summed E-state index contributed by atoms with van der Waals surface area (Å²) < 4.78 is 0. The van der Waals surface area contributed by atoms with Crippen molar-refractivity contribution < 1.29 is 4.79 Å². The topological polar surface area (TPSA) is 30.0 Å². The zero-order valence-corrected chi connectivity index (χ0v) is 10.6. The van der Waals surface area contributed by atoms with Gasteiger partial charge in [0.25, 0.3) is 0 Å². The van der Waals surface area contributed by atoms with Crippen molar-refractivity contribution in [1.29, 1.82) is 0 Å². The summed E-state index contributed by atoms with van der Waals surface area (Å²) in [5.41, 5.74) is 3.52. The Morgan fingerprint density at radius 1 is 1.11 bits per heavy atom. The van der Waals surface area contributed by atoms with Crippen LogP contribution >= 0.6 is 0 Å². The maximum atomic E-state index is 11.9. The van der Waals surface area contributed by atoms with Crippen LogP contribution in [0.2, 0.25) is 0 Å². The van der Waals surface area contributed by atoms with Crippen LogP contribution in [0.1, 0.15) is 23.1 Å². The molecule has 0 atom stereocenters. The van der Waals surface area contributed by atoms with Gasteiger partial charge in [-0.05, 0) is 36.6 Å². The first-order chi connectivity index (χ1) is 8.74. The molecule has 18 heavy (non-hydrogen) atoms. The fourth-order valence-electron chi connectivity index (χ4n) is 1.97. The number of rotatable bonds is 5. The van der Waals surface area contributed by atoms with Crippen molar-refractivity contribution in [3.8, 4) is 0 Å². The second-order valence-electron chi connectivity index (χ2n) is 4.56. The lowest BCUT2D eigenvalue weighted by molar-refractivity contribution is -0.118. The minimum absolute atomic E-state index is 0.280. The molecule has 0 unspecified atom stereocenters.